The van der Waals surface area contributed by atoms with Crippen molar-refractivity contribution in [2.75, 3.05) is 0 Å². The summed E-state index contributed by atoms with van der Waals surface area (Å²) in [4.78, 5) is 14.9. The lowest BCUT2D eigenvalue weighted by molar-refractivity contribution is -0.136. The van der Waals surface area contributed by atoms with E-state index in [1.165, 1.54) is 29.5 Å². The predicted molar refractivity (Wildman–Crippen MR) is 93.4 cm³/mol. The van der Waals surface area contributed by atoms with E-state index in [2.05, 4.69) is 15.2 Å². The lowest BCUT2D eigenvalue weighted by Gasteiger charge is -2.02. The Morgan fingerprint density at radius 1 is 1.07 bits per heavy atom. The van der Waals surface area contributed by atoms with Gasteiger partial charge in [-0.3, -0.25) is 4.79 Å². The molecule has 0 saturated carbocycles. The number of nitrogens with zero attached hydrogens (tertiary/aromatic N) is 3. The van der Waals surface area contributed by atoms with E-state index in [0.29, 0.717) is 20.8 Å². The molecule has 0 amide bonds. The summed E-state index contributed by atoms with van der Waals surface area (Å²) >= 11 is 1.27. The van der Waals surface area contributed by atoms with Gasteiger partial charge in [0.2, 0.25) is 11.8 Å². The zero-order valence-corrected chi connectivity index (χ0v) is 14.5. The van der Waals surface area contributed by atoms with Crippen molar-refractivity contribution in [1.82, 2.24) is 15.2 Å². The van der Waals surface area contributed by atoms with Crippen LogP contribution in [0.25, 0.3) is 21.3 Å². The van der Waals surface area contributed by atoms with E-state index in [-0.39, 0.29) is 36.0 Å². The van der Waals surface area contributed by atoms with Gasteiger partial charge in [0.1, 0.15) is 22.8 Å². The highest BCUT2D eigenvalue weighted by atomic mass is 32.1. The van der Waals surface area contributed by atoms with Crippen LogP contribution in [0.1, 0.15) is 16.8 Å². The first-order chi connectivity index (χ1) is 13.0. The van der Waals surface area contributed by atoms with Crippen LogP contribution in [0.2, 0.25) is 0 Å². The van der Waals surface area contributed by atoms with E-state index in [1.54, 1.807) is 18.2 Å². The minimum absolute atomic E-state index is 0.00314. The molecule has 2 heterocycles. The first kappa shape index (κ1) is 17.2. The van der Waals surface area contributed by atoms with Crippen LogP contribution in [0, 0.1) is 11.6 Å². The highest BCUT2D eigenvalue weighted by molar-refractivity contribution is 7.18. The molecule has 0 bridgehead atoms. The van der Waals surface area contributed by atoms with E-state index >= 15 is 0 Å². The number of rotatable bonds is 5. The number of carboxylic acids is 1. The molecule has 0 saturated heterocycles. The van der Waals surface area contributed by atoms with Crippen LogP contribution in [0.4, 0.5) is 8.78 Å². The highest BCUT2D eigenvalue weighted by Gasteiger charge is 2.15. The average Bonchev–Trinajstić information content (AvgIpc) is 3.22. The third kappa shape index (κ3) is 3.68. The lowest BCUT2D eigenvalue weighted by atomic mass is 10.1. The zero-order chi connectivity index (χ0) is 19.0. The molecule has 0 aliphatic heterocycles. The van der Waals surface area contributed by atoms with Crippen molar-refractivity contribution in [3.63, 3.8) is 0 Å². The standard InChI is InChI=1S/C18H11F2N3O3S/c19-11-3-1-9(2-4-11)10-5-12(20)18-13(6-10)27-16(21-18)7-14-22-23-15(26-14)8-17(24)25/h1-6H,7-8H2,(H,24,25). The average molecular weight is 387 g/mol. The minimum atomic E-state index is -1.07. The van der Waals surface area contributed by atoms with Crippen molar-refractivity contribution in [1.29, 1.82) is 0 Å². The SMILES string of the molecule is O=C(O)Cc1nnc(Cc2nc3c(F)cc(-c4ccc(F)cc4)cc3s2)o1. The Kier molecular flexibility index (Phi) is 4.36. The van der Waals surface area contributed by atoms with E-state index < -0.39 is 11.8 Å². The summed E-state index contributed by atoms with van der Waals surface area (Å²) in [5.41, 5.74) is 1.55. The van der Waals surface area contributed by atoms with Gasteiger partial charge in [-0.25, -0.2) is 13.8 Å². The van der Waals surface area contributed by atoms with Gasteiger partial charge in [-0.1, -0.05) is 12.1 Å². The molecule has 0 aliphatic carbocycles. The summed E-state index contributed by atoms with van der Waals surface area (Å²) < 4.78 is 33.4. The van der Waals surface area contributed by atoms with E-state index in [0.717, 1.165) is 0 Å². The fourth-order valence-corrected chi connectivity index (χ4v) is 3.62. The topological polar surface area (TPSA) is 89.1 Å². The van der Waals surface area contributed by atoms with Gasteiger partial charge >= 0.3 is 5.97 Å². The monoisotopic (exact) mass is 387 g/mol. The number of hydrogen-bond acceptors (Lipinski definition) is 6. The maximum atomic E-state index is 14.5. The molecule has 136 valence electrons. The molecule has 4 aromatic rings. The fourth-order valence-electron chi connectivity index (χ4n) is 2.61. The largest absolute Gasteiger partial charge is 0.481 e. The Morgan fingerprint density at radius 3 is 2.56 bits per heavy atom. The number of carboxylic acid groups (broad SMARTS) is 1. The van der Waals surface area contributed by atoms with Crippen LogP contribution in [0.3, 0.4) is 0 Å². The molecule has 9 heteroatoms. The molecule has 4 rings (SSSR count). The number of fused-ring (bicyclic) bond motifs is 1. The van der Waals surface area contributed by atoms with Crippen molar-refractivity contribution in [3.8, 4) is 11.1 Å². The van der Waals surface area contributed by atoms with E-state index in [1.807, 2.05) is 0 Å². The maximum absolute atomic E-state index is 14.5. The molecular formula is C18H11F2N3O3S. The maximum Gasteiger partial charge on any atom is 0.312 e. The number of carbonyl (C=O) groups is 1. The molecular weight excluding hydrogens is 376 g/mol. The molecule has 0 atom stereocenters. The van der Waals surface area contributed by atoms with E-state index in [4.69, 9.17) is 9.52 Å². The summed E-state index contributed by atoms with van der Waals surface area (Å²) in [6, 6.07) is 8.95. The van der Waals surface area contributed by atoms with E-state index in [9.17, 15) is 13.6 Å². The Morgan fingerprint density at radius 2 is 1.81 bits per heavy atom. The van der Waals surface area contributed by atoms with Crippen LogP contribution >= 0.6 is 11.3 Å². The summed E-state index contributed by atoms with van der Waals surface area (Å²) in [6.45, 7) is 0. The molecule has 2 aromatic carbocycles. The number of hydrogen-bond donors (Lipinski definition) is 1. The molecule has 2 aromatic heterocycles. The molecule has 6 nitrogen and oxygen atoms in total. The van der Waals surface area contributed by atoms with Crippen LogP contribution in [-0.4, -0.2) is 26.3 Å². The third-order valence-electron chi connectivity index (χ3n) is 3.78. The molecule has 0 fully saturated rings. The van der Waals surface area contributed by atoms with Crippen molar-refractivity contribution in [2.24, 2.45) is 0 Å². The highest BCUT2D eigenvalue weighted by Crippen LogP contribution is 2.31. The van der Waals surface area contributed by atoms with Gasteiger partial charge in [-0.2, -0.15) is 0 Å². The molecule has 0 spiro atoms. The second kappa shape index (κ2) is 6.84. The Bertz CT molecular complexity index is 1140. The first-order valence-electron chi connectivity index (χ1n) is 7.86. The van der Waals surface area contributed by atoms with Gasteiger partial charge in [0.25, 0.3) is 0 Å². The normalized spacial score (nSPS) is 11.2. The second-order valence-electron chi connectivity index (χ2n) is 5.76. The number of aliphatic carboxylic acids is 1. The summed E-state index contributed by atoms with van der Waals surface area (Å²) in [5.74, 6) is -1.69. The predicted octanol–water partition coefficient (Wildman–Crippen LogP) is 3.84. The van der Waals surface area contributed by atoms with Gasteiger partial charge in [0, 0.05) is 0 Å². The molecule has 1 N–H and O–H groups in total. The van der Waals surface area contributed by atoms with Gasteiger partial charge in [0.05, 0.1) is 11.1 Å². The van der Waals surface area contributed by atoms with Gasteiger partial charge in [0.15, 0.2) is 5.82 Å². The quantitative estimate of drug-likeness (QED) is 0.560. The number of aromatic nitrogens is 3. The molecule has 27 heavy (non-hydrogen) atoms. The summed E-state index contributed by atoms with van der Waals surface area (Å²) in [5, 5.41) is 16.7. The summed E-state index contributed by atoms with van der Waals surface area (Å²) in [6.07, 6.45) is -0.181. The van der Waals surface area contributed by atoms with Crippen molar-refractivity contribution >= 4 is 27.5 Å². The number of halogens is 2. The Hall–Kier alpha value is -3.20. The van der Waals surface area contributed by atoms with Crippen LogP contribution in [-0.2, 0) is 17.6 Å². The number of benzene rings is 2. The fraction of sp³-hybridized carbons (Fsp3) is 0.111. The van der Waals surface area contributed by atoms with Crippen LogP contribution < -0.4 is 0 Å². The second-order valence-corrected chi connectivity index (χ2v) is 6.87. The molecule has 0 radical (unpaired) electrons. The van der Waals surface area contributed by atoms with Crippen LogP contribution in [0.5, 0.6) is 0 Å². The third-order valence-corrected chi connectivity index (χ3v) is 4.79. The van der Waals surface area contributed by atoms with Gasteiger partial charge in [-0.15, -0.1) is 21.5 Å². The minimum Gasteiger partial charge on any atom is -0.481 e. The summed E-state index contributed by atoms with van der Waals surface area (Å²) in [7, 11) is 0. The van der Waals surface area contributed by atoms with Gasteiger partial charge in [-0.05, 0) is 35.4 Å². The van der Waals surface area contributed by atoms with Gasteiger partial charge < -0.3 is 9.52 Å². The Labute approximate surface area is 155 Å². The van der Waals surface area contributed by atoms with Crippen molar-refractivity contribution in [2.45, 2.75) is 12.8 Å². The smallest absolute Gasteiger partial charge is 0.312 e. The lowest BCUT2D eigenvalue weighted by Crippen LogP contribution is -1.99. The zero-order valence-electron chi connectivity index (χ0n) is 13.6. The number of thiazole rings is 1. The Balaban J connectivity index is 1.63. The molecule has 0 unspecified atom stereocenters. The van der Waals surface area contributed by atoms with Crippen molar-refractivity contribution < 1.29 is 23.1 Å². The first-order valence-corrected chi connectivity index (χ1v) is 8.67. The van der Waals surface area contributed by atoms with Crippen LogP contribution in [0.15, 0.2) is 40.8 Å². The molecule has 0 aliphatic rings. The van der Waals surface area contributed by atoms with Crippen molar-refractivity contribution in [3.05, 3.63) is 64.8 Å².